The molecule has 0 amide bonds. The lowest BCUT2D eigenvalue weighted by molar-refractivity contribution is 0.234. The van der Waals surface area contributed by atoms with Crippen molar-refractivity contribution in [2.75, 3.05) is 5.73 Å². The molecule has 2 heterocycles. The van der Waals surface area contributed by atoms with Crippen LogP contribution in [0.1, 0.15) is 5.56 Å². The molecular formula is C17H13N5O2. The first-order valence-electron chi connectivity index (χ1n) is 7.21. The van der Waals surface area contributed by atoms with Crippen LogP contribution >= 0.6 is 0 Å². The Balaban J connectivity index is 1.92. The Morgan fingerprint density at radius 2 is 1.92 bits per heavy atom. The molecule has 0 saturated heterocycles. The minimum absolute atomic E-state index is 0.117. The molecule has 0 unspecified atom stereocenters. The van der Waals surface area contributed by atoms with Gasteiger partial charge < -0.3 is 10.2 Å². The minimum atomic E-state index is -0.117. The van der Waals surface area contributed by atoms with Crippen molar-refractivity contribution in [1.29, 1.82) is 5.41 Å². The Hall–Kier alpha value is -3.45. The number of oxazole rings is 1. The molecular weight excluding hydrogens is 306 g/mol. The van der Waals surface area contributed by atoms with E-state index in [0.29, 0.717) is 28.4 Å². The Kier molecular flexibility index (Phi) is 3.14. The molecule has 0 aliphatic carbocycles. The van der Waals surface area contributed by atoms with Crippen molar-refractivity contribution in [3.8, 4) is 11.5 Å². The smallest absolute Gasteiger partial charge is 0.228 e. The maximum absolute atomic E-state index is 8.85. The Labute approximate surface area is 136 Å². The molecule has 7 nitrogen and oxygen atoms in total. The van der Waals surface area contributed by atoms with E-state index in [1.807, 2.05) is 29.7 Å². The van der Waals surface area contributed by atoms with E-state index in [0.717, 1.165) is 16.5 Å². The maximum Gasteiger partial charge on any atom is 0.228 e. The van der Waals surface area contributed by atoms with Gasteiger partial charge in [0.2, 0.25) is 5.89 Å². The zero-order valence-corrected chi connectivity index (χ0v) is 12.4. The maximum atomic E-state index is 8.85. The first kappa shape index (κ1) is 14.2. The van der Waals surface area contributed by atoms with Gasteiger partial charge in [0.25, 0.3) is 0 Å². The fourth-order valence-corrected chi connectivity index (χ4v) is 2.63. The van der Waals surface area contributed by atoms with E-state index in [-0.39, 0.29) is 5.84 Å². The number of amidine groups is 1. The van der Waals surface area contributed by atoms with Gasteiger partial charge in [-0.1, -0.05) is 18.2 Å². The minimum Gasteiger partial charge on any atom is -0.436 e. The van der Waals surface area contributed by atoms with Crippen molar-refractivity contribution in [2.24, 2.45) is 0 Å². The molecule has 118 valence electrons. The van der Waals surface area contributed by atoms with E-state index in [4.69, 9.17) is 20.8 Å². The normalized spacial score (nSPS) is 11.0. The highest BCUT2D eigenvalue weighted by molar-refractivity contribution is 5.99. The highest BCUT2D eigenvalue weighted by atomic mass is 16.5. The number of nitrogens with one attached hydrogen (secondary N) is 2. The highest BCUT2D eigenvalue weighted by Gasteiger charge is 2.14. The van der Waals surface area contributed by atoms with Crippen LogP contribution in [0.3, 0.4) is 0 Å². The van der Waals surface area contributed by atoms with Gasteiger partial charge in [0.15, 0.2) is 5.58 Å². The monoisotopic (exact) mass is 319 g/mol. The first-order valence-corrected chi connectivity index (χ1v) is 7.21. The van der Waals surface area contributed by atoms with Crippen molar-refractivity contribution >= 4 is 33.7 Å². The fraction of sp³-hybridized carbons (Fsp3) is 0. The van der Waals surface area contributed by atoms with Gasteiger partial charge in [-0.05, 0) is 30.3 Å². The van der Waals surface area contributed by atoms with Crippen LogP contribution in [0.5, 0.6) is 0 Å². The summed E-state index contributed by atoms with van der Waals surface area (Å²) >= 11 is 0. The first-order chi connectivity index (χ1) is 11.7. The summed E-state index contributed by atoms with van der Waals surface area (Å²) in [7, 11) is 0. The quantitative estimate of drug-likeness (QED) is 0.256. The van der Waals surface area contributed by atoms with Gasteiger partial charge in [-0.2, -0.15) is 0 Å². The number of nitrogen functional groups attached to an aromatic ring is 1. The lowest BCUT2D eigenvalue weighted by Gasteiger charge is -2.04. The Morgan fingerprint density at radius 1 is 1.08 bits per heavy atom. The molecule has 5 N–H and O–H groups in total. The van der Waals surface area contributed by atoms with E-state index in [1.54, 1.807) is 24.3 Å². The van der Waals surface area contributed by atoms with Gasteiger partial charge in [0.1, 0.15) is 17.2 Å². The van der Waals surface area contributed by atoms with Crippen LogP contribution in [-0.4, -0.2) is 21.0 Å². The molecule has 7 heteroatoms. The predicted octanol–water partition coefficient (Wildman–Crippen LogP) is 2.93. The molecule has 0 bridgehead atoms. The van der Waals surface area contributed by atoms with E-state index in [9.17, 15) is 0 Å². The van der Waals surface area contributed by atoms with Crippen LogP contribution in [0.2, 0.25) is 0 Å². The summed E-state index contributed by atoms with van der Waals surface area (Å²) < 4.78 is 5.85. The van der Waals surface area contributed by atoms with E-state index in [2.05, 4.69) is 9.97 Å². The Bertz CT molecular complexity index is 1090. The van der Waals surface area contributed by atoms with Gasteiger partial charge in [-0.25, -0.2) is 9.97 Å². The lowest BCUT2D eigenvalue weighted by Crippen LogP contribution is -2.18. The molecule has 0 spiro atoms. The zero-order chi connectivity index (χ0) is 16.7. The highest BCUT2D eigenvalue weighted by Crippen LogP contribution is 2.31. The number of hydrogen-bond donors (Lipinski definition) is 4. The molecule has 0 aliphatic heterocycles. The SMILES string of the molecule is N=C(NO)c1ccc2nc(-c3cc(N)nc4ccccc34)oc2c1. The second kappa shape index (κ2) is 5.32. The van der Waals surface area contributed by atoms with Crippen molar-refractivity contribution < 1.29 is 9.62 Å². The third-order valence-corrected chi connectivity index (χ3v) is 3.76. The molecule has 2 aromatic heterocycles. The van der Waals surface area contributed by atoms with Crippen LogP contribution in [0.15, 0.2) is 52.9 Å². The molecule has 0 aliphatic rings. The van der Waals surface area contributed by atoms with E-state index >= 15 is 0 Å². The van der Waals surface area contributed by atoms with Gasteiger partial charge in [-0.15, -0.1) is 0 Å². The summed E-state index contributed by atoms with van der Waals surface area (Å²) in [5.41, 5.74) is 10.9. The van der Waals surface area contributed by atoms with Gasteiger partial charge in [-0.3, -0.25) is 16.1 Å². The van der Waals surface area contributed by atoms with Crippen molar-refractivity contribution in [3.05, 3.63) is 54.1 Å². The topological polar surface area (TPSA) is 121 Å². The number of hydroxylamine groups is 1. The number of para-hydroxylation sites is 1. The number of hydrogen-bond acceptors (Lipinski definition) is 6. The van der Waals surface area contributed by atoms with Crippen LogP contribution in [0.4, 0.5) is 5.82 Å². The standard InChI is InChI=1S/C17H13N5O2/c18-15-8-11(10-3-1-2-4-12(10)20-15)17-21-13-6-5-9(16(19)22-23)7-14(13)24-17/h1-8,23H,(H2,18,20)(H2,19,22). The predicted molar refractivity (Wildman–Crippen MR) is 90.9 cm³/mol. The molecule has 0 saturated carbocycles. The van der Waals surface area contributed by atoms with Gasteiger partial charge in [0.05, 0.1) is 11.1 Å². The molecule has 0 radical (unpaired) electrons. The number of rotatable bonds is 2. The summed E-state index contributed by atoms with van der Waals surface area (Å²) in [5, 5.41) is 17.4. The average Bonchev–Trinajstić information content (AvgIpc) is 3.03. The number of nitrogens with zero attached hydrogens (tertiary/aromatic N) is 2. The third kappa shape index (κ3) is 2.24. The second-order valence-electron chi connectivity index (χ2n) is 5.30. The number of fused-ring (bicyclic) bond motifs is 2. The largest absolute Gasteiger partial charge is 0.436 e. The van der Waals surface area contributed by atoms with Gasteiger partial charge in [0, 0.05) is 10.9 Å². The van der Waals surface area contributed by atoms with Crippen molar-refractivity contribution in [1.82, 2.24) is 15.4 Å². The second-order valence-corrected chi connectivity index (χ2v) is 5.30. The molecule has 2 aromatic carbocycles. The number of nitrogens with two attached hydrogens (primary N) is 1. The van der Waals surface area contributed by atoms with Crippen molar-refractivity contribution in [2.45, 2.75) is 0 Å². The average molecular weight is 319 g/mol. The molecule has 4 aromatic rings. The summed E-state index contributed by atoms with van der Waals surface area (Å²) in [6.45, 7) is 0. The third-order valence-electron chi connectivity index (χ3n) is 3.76. The number of anilines is 1. The molecule has 4 rings (SSSR count). The molecule has 0 fully saturated rings. The zero-order valence-electron chi connectivity index (χ0n) is 12.4. The van der Waals surface area contributed by atoms with Crippen LogP contribution in [-0.2, 0) is 0 Å². The van der Waals surface area contributed by atoms with Crippen molar-refractivity contribution in [3.63, 3.8) is 0 Å². The summed E-state index contributed by atoms with van der Waals surface area (Å²) in [4.78, 5) is 8.81. The number of benzene rings is 2. The van der Waals surface area contributed by atoms with Gasteiger partial charge >= 0.3 is 0 Å². The van der Waals surface area contributed by atoms with Crippen LogP contribution in [0, 0.1) is 5.41 Å². The summed E-state index contributed by atoms with van der Waals surface area (Å²) in [6, 6.07) is 14.4. The van der Waals surface area contributed by atoms with E-state index < -0.39 is 0 Å². The summed E-state index contributed by atoms with van der Waals surface area (Å²) in [5.74, 6) is 0.697. The number of aromatic nitrogens is 2. The molecule has 0 atom stereocenters. The van der Waals surface area contributed by atoms with E-state index in [1.165, 1.54) is 0 Å². The summed E-state index contributed by atoms with van der Waals surface area (Å²) in [6.07, 6.45) is 0. The number of pyridine rings is 1. The molecule has 24 heavy (non-hydrogen) atoms. The lowest BCUT2D eigenvalue weighted by atomic mass is 10.1. The van der Waals surface area contributed by atoms with Crippen LogP contribution < -0.4 is 11.2 Å². The van der Waals surface area contributed by atoms with Crippen LogP contribution in [0.25, 0.3) is 33.5 Å². The fourth-order valence-electron chi connectivity index (χ4n) is 2.63. The Morgan fingerprint density at radius 3 is 2.75 bits per heavy atom.